The van der Waals surface area contributed by atoms with Crippen molar-refractivity contribution in [1.82, 2.24) is 15.3 Å². The summed E-state index contributed by atoms with van der Waals surface area (Å²) >= 11 is 5.84. The van der Waals surface area contributed by atoms with Gasteiger partial charge in [0.05, 0.1) is 5.69 Å². The van der Waals surface area contributed by atoms with E-state index in [0.717, 1.165) is 5.69 Å². The number of hydrogen-bond donors (Lipinski definition) is 1. The van der Waals surface area contributed by atoms with E-state index >= 15 is 0 Å². The SMILES string of the molecule is C[C@@H](Cc1cnccn1)NC(=O)COc1cccc(Cl)c1. The molecule has 0 unspecified atom stereocenters. The van der Waals surface area contributed by atoms with Crippen LogP contribution in [0.25, 0.3) is 0 Å². The van der Waals surface area contributed by atoms with Crippen LogP contribution in [0.4, 0.5) is 0 Å². The Bertz CT molecular complexity index is 592. The highest BCUT2D eigenvalue weighted by Crippen LogP contribution is 2.16. The molecule has 0 bridgehead atoms. The van der Waals surface area contributed by atoms with Gasteiger partial charge in [0.2, 0.25) is 0 Å². The maximum Gasteiger partial charge on any atom is 0.258 e. The maximum atomic E-state index is 11.8. The van der Waals surface area contributed by atoms with E-state index in [1.807, 2.05) is 6.92 Å². The highest BCUT2D eigenvalue weighted by Gasteiger charge is 2.09. The molecule has 1 N–H and O–H groups in total. The molecule has 0 aliphatic carbocycles. The quantitative estimate of drug-likeness (QED) is 0.889. The minimum absolute atomic E-state index is 0.0443. The van der Waals surface area contributed by atoms with Crippen LogP contribution in [-0.4, -0.2) is 28.5 Å². The molecule has 1 aromatic heterocycles. The molecule has 0 radical (unpaired) electrons. The molecule has 0 saturated carbocycles. The van der Waals surface area contributed by atoms with Gasteiger partial charge in [0.25, 0.3) is 5.91 Å². The Morgan fingerprint density at radius 1 is 1.43 bits per heavy atom. The Kier molecular flexibility index (Phi) is 5.51. The monoisotopic (exact) mass is 305 g/mol. The number of nitrogens with one attached hydrogen (secondary N) is 1. The predicted octanol–water partition coefficient (Wildman–Crippen LogP) is 2.26. The molecule has 1 amide bonds. The molecule has 21 heavy (non-hydrogen) atoms. The summed E-state index contributed by atoms with van der Waals surface area (Å²) in [6.07, 6.45) is 5.56. The van der Waals surface area contributed by atoms with E-state index in [9.17, 15) is 4.79 Å². The molecule has 0 aliphatic heterocycles. The molecule has 2 aromatic rings. The molecule has 1 aromatic carbocycles. The van der Waals surface area contributed by atoms with Gasteiger partial charge in [-0.05, 0) is 25.1 Å². The van der Waals surface area contributed by atoms with Gasteiger partial charge in [-0.2, -0.15) is 0 Å². The van der Waals surface area contributed by atoms with Crippen LogP contribution in [0, 0.1) is 0 Å². The molecule has 0 saturated heterocycles. The zero-order chi connectivity index (χ0) is 15.1. The fourth-order valence-electron chi connectivity index (χ4n) is 1.82. The van der Waals surface area contributed by atoms with Crippen LogP contribution in [0.3, 0.4) is 0 Å². The third-order valence-electron chi connectivity index (χ3n) is 2.71. The number of carbonyl (C=O) groups is 1. The summed E-state index contributed by atoms with van der Waals surface area (Å²) in [7, 11) is 0. The Labute approximate surface area is 128 Å². The number of halogens is 1. The van der Waals surface area contributed by atoms with E-state index in [4.69, 9.17) is 16.3 Å². The smallest absolute Gasteiger partial charge is 0.258 e. The van der Waals surface area contributed by atoms with Gasteiger partial charge in [0, 0.05) is 36.1 Å². The summed E-state index contributed by atoms with van der Waals surface area (Å²) in [4.78, 5) is 20.0. The molecule has 2 rings (SSSR count). The van der Waals surface area contributed by atoms with Crippen molar-refractivity contribution >= 4 is 17.5 Å². The van der Waals surface area contributed by atoms with Crippen LogP contribution in [0.15, 0.2) is 42.9 Å². The van der Waals surface area contributed by atoms with Gasteiger partial charge in [0.1, 0.15) is 5.75 Å². The van der Waals surface area contributed by atoms with Crippen molar-refractivity contribution in [1.29, 1.82) is 0 Å². The average molecular weight is 306 g/mol. The van der Waals surface area contributed by atoms with Crippen LogP contribution >= 0.6 is 11.6 Å². The predicted molar refractivity (Wildman–Crippen MR) is 80.3 cm³/mol. The summed E-state index contributed by atoms with van der Waals surface area (Å²) < 4.78 is 5.38. The zero-order valence-electron chi connectivity index (χ0n) is 11.6. The van der Waals surface area contributed by atoms with Gasteiger partial charge in [-0.25, -0.2) is 0 Å². The van der Waals surface area contributed by atoms with Crippen molar-refractivity contribution in [3.63, 3.8) is 0 Å². The van der Waals surface area contributed by atoms with Crippen LogP contribution in [0.1, 0.15) is 12.6 Å². The molecule has 0 fully saturated rings. The molecule has 0 aliphatic rings. The van der Waals surface area contributed by atoms with Crippen molar-refractivity contribution in [3.8, 4) is 5.75 Å². The molecule has 6 heteroatoms. The number of amides is 1. The third kappa shape index (κ3) is 5.39. The van der Waals surface area contributed by atoms with Crippen LogP contribution in [0.5, 0.6) is 5.75 Å². The summed E-state index contributed by atoms with van der Waals surface area (Å²) in [5.74, 6) is 0.380. The lowest BCUT2D eigenvalue weighted by molar-refractivity contribution is -0.123. The van der Waals surface area contributed by atoms with Gasteiger partial charge < -0.3 is 10.1 Å². The number of aromatic nitrogens is 2. The Morgan fingerprint density at radius 3 is 3.00 bits per heavy atom. The molecule has 1 atom stereocenters. The van der Waals surface area contributed by atoms with Gasteiger partial charge >= 0.3 is 0 Å². The van der Waals surface area contributed by atoms with Crippen molar-refractivity contribution in [2.45, 2.75) is 19.4 Å². The molecule has 5 nitrogen and oxygen atoms in total. The van der Waals surface area contributed by atoms with Crippen molar-refractivity contribution in [2.75, 3.05) is 6.61 Å². The van der Waals surface area contributed by atoms with Gasteiger partial charge in [0.15, 0.2) is 6.61 Å². The van der Waals surface area contributed by atoms with Gasteiger partial charge in [-0.3, -0.25) is 14.8 Å². The lowest BCUT2D eigenvalue weighted by Crippen LogP contribution is -2.37. The Morgan fingerprint density at radius 2 is 2.29 bits per heavy atom. The van der Waals surface area contributed by atoms with Crippen molar-refractivity contribution in [3.05, 3.63) is 53.6 Å². The second-order valence-electron chi connectivity index (χ2n) is 4.62. The van der Waals surface area contributed by atoms with E-state index in [1.165, 1.54) is 0 Å². The van der Waals surface area contributed by atoms with E-state index in [1.54, 1.807) is 42.9 Å². The number of nitrogens with zero attached hydrogens (tertiary/aromatic N) is 2. The van der Waals surface area contributed by atoms with E-state index in [-0.39, 0.29) is 18.6 Å². The fourth-order valence-corrected chi connectivity index (χ4v) is 2.00. The Balaban J connectivity index is 1.76. The molecule has 1 heterocycles. The van der Waals surface area contributed by atoms with Crippen molar-refractivity contribution in [2.24, 2.45) is 0 Å². The molecular formula is C15H16ClN3O2. The lowest BCUT2D eigenvalue weighted by atomic mass is 10.2. The second kappa shape index (κ2) is 7.59. The summed E-state index contributed by atoms with van der Waals surface area (Å²) in [6, 6.07) is 6.89. The first kappa shape index (κ1) is 15.3. The second-order valence-corrected chi connectivity index (χ2v) is 5.05. The fraction of sp³-hybridized carbons (Fsp3) is 0.267. The first-order chi connectivity index (χ1) is 10.1. The number of hydrogen-bond acceptors (Lipinski definition) is 4. The van der Waals surface area contributed by atoms with E-state index in [0.29, 0.717) is 17.2 Å². The first-order valence-corrected chi connectivity index (χ1v) is 6.94. The number of carbonyl (C=O) groups excluding carboxylic acids is 1. The minimum Gasteiger partial charge on any atom is -0.484 e. The van der Waals surface area contributed by atoms with Gasteiger partial charge in [-0.1, -0.05) is 17.7 Å². The van der Waals surface area contributed by atoms with E-state index < -0.39 is 0 Å². The van der Waals surface area contributed by atoms with E-state index in [2.05, 4.69) is 15.3 Å². The minimum atomic E-state index is -0.189. The van der Waals surface area contributed by atoms with Crippen LogP contribution in [-0.2, 0) is 11.2 Å². The summed E-state index contributed by atoms with van der Waals surface area (Å²) in [5.41, 5.74) is 0.834. The lowest BCUT2D eigenvalue weighted by Gasteiger charge is -2.13. The maximum absolute atomic E-state index is 11.8. The number of ether oxygens (including phenoxy) is 1. The summed E-state index contributed by atoms with van der Waals surface area (Å²) in [5, 5.41) is 3.42. The average Bonchev–Trinajstić information content (AvgIpc) is 2.46. The normalized spacial score (nSPS) is 11.7. The Hall–Kier alpha value is -2.14. The summed E-state index contributed by atoms with van der Waals surface area (Å²) in [6.45, 7) is 1.86. The number of rotatable bonds is 6. The molecular weight excluding hydrogens is 290 g/mol. The highest BCUT2D eigenvalue weighted by molar-refractivity contribution is 6.30. The van der Waals surface area contributed by atoms with Crippen molar-refractivity contribution < 1.29 is 9.53 Å². The highest BCUT2D eigenvalue weighted by atomic mass is 35.5. The number of benzene rings is 1. The standard InChI is InChI=1S/C15H16ClN3O2/c1-11(7-13-9-17-5-6-18-13)19-15(20)10-21-14-4-2-3-12(16)8-14/h2-6,8-9,11H,7,10H2,1H3,(H,19,20)/t11-/m0/s1. The zero-order valence-corrected chi connectivity index (χ0v) is 12.4. The third-order valence-corrected chi connectivity index (χ3v) is 2.94. The largest absolute Gasteiger partial charge is 0.484 e. The van der Waals surface area contributed by atoms with Gasteiger partial charge in [-0.15, -0.1) is 0 Å². The molecule has 0 spiro atoms. The van der Waals surface area contributed by atoms with Crippen LogP contribution in [0.2, 0.25) is 5.02 Å². The topological polar surface area (TPSA) is 64.1 Å². The first-order valence-electron chi connectivity index (χ1n) is 6.56. The van der Waals surface area contributed by atoms with Crippen LogP contribution < -0.4 is 10.1 Å². The molecule has 110 valence electrons.